The number of nitrogens with one attached hydrogen (secondary N) is 1. The summed E-state index contributed by atoms with van der Waals surface area (Å²) in [6.45, 7) is 3.08. The largest absolute Gasteiger partial charge is 0.370 e. The maximum atomic E-state index is 4.52. The summed E-state index contributed by atoms with van der Waals surface area (Å²) in [5.41, 5.74) is 0. The Balaban J connectivity index is 2.04. The maximum Gasteiger partial charge on any atom is 0.181 e. The highest BCUT2D eigenvalue weighted by Gasteiger charge is 2.06. The molecule has 7 heteroatoms. The van der Waals surface area contributed by atoms with Crippen LogP contribution < -0.4 is 5.32 Å². The van der Waals surface area contributed by atoms with Crippen LogP contribution in [-0.4, -0.2) is 28.0 Å². The highest BCUT2D eigenvalue weighted by molar-refractivity contribution is 8.02. The number of rotatable bonds is 6. The second-order valence-electron chi connectivity index (χ2n) is 3.43. The lowest BCUT2D eigenvalue weighted by molar-refractivity contribution is 0.949. The fourth-order valence-corrected chi connectivity index (χ4v) is 3.61. The Morgan fingerprint density at radius 2 is 2.11 bits per heavy atom. The molecule has 0 aliphatic heterocycles. The van der Waals surface area contributed by atoms with Crippen molar-refractivity contribution in [3.8, 4) is 0 Å². The van der Waals surface area contributed by atoms with Gasteiger partial charge in [-0.1, -0.05) is 36.1 Å². The average molecular weight is 298 g/mol. The Morgan fingerprint density at radius 3 is 2.83 bits per heavy atom. The summed E-state index contributed by atoms with van der Waals surface area (Å²) in [6, 6.07) is 5.97. The molecule has 2 aromatic heterocycles. The van der Waals surface area contributed by atoms with Crippen molar-refractivity contribution in [3.63, 3.8) is 0 Å². The van der Waals surface area contributed by atoms with Gasteiger partial charge in [-0.2, -0.15) is 0 Å². The van der Waals surface area contributed by atoms with Crippen LogP contribution in [-0.2, 0) is 0 Å². The molecule has 2 rings (SSSR count). The second-order valence-corrected chi connectivity index (χ2v) is 6.73. The van der Waals surface area contributed by atoms with Crippen molar-refractivity contribution >= 4 is 40.7 Å². The van der Waals surface area contributed by atoms with Gasteiger partial charge in [0.05, 0.1) is 0 Å². The summed E-state index contributed by atoms with van der Waals surface area (Å²) in [5, 5.41) is 12.4. The molecule has 96 valence electrons. The lowest BCUT2D eigenvalue weighted by Gasteiger charge is -2.04. The molecule has 0 saturated carbocycles. The van der Waals surface area contributed by atoms with E-state index < -0.39 is 0 Å². The van der Waals surface area contributed by atoms with E-state index in [0.717, 1.165) is 32.5 Å². The highest BCUT2D eigenvalue weighted by Crippen LogP contribution is 2.32. The molecule has 0 spiro atoms. The molecule has 0 aliphatic carbocycles. The van der Waals surface area contributed by atoms with Gasteiger partial charge < -0.3 is 5.32 Å². The molecule has 18 heavy (non-hydrogen) atoms. The molecular weight excluding hydrogens is 284 g/mol. The Labute approximate surface area is 119 Å². The summed E-state index contributed by atoms with van der Waals surface area (Å²) in [5.74, 6) is 0.913. The maximum absolute atomic E-state index is 4.52. The van der Waals surface area contributed by atoms with Crippen LogP contribution in [0.3, 0.4) is 0 Å². The van der Waals surface area contributed by atoms with Gasteiger partial charge >= 0.3 is 0 Å². The van der Waals surface area contributed by atoms with Crippen LogP contribution in [0.1, 0.15) is 13.3 Å². The molecular formula is C11H14N4S3. The van der Waals surface area contributed by atoms with Crippen molar-refractivity contribution in [2.75, 3.05) is 18.1 Å². The minimum Gasteiger partial charge on any atom is -0.370 e. The van der Waals surface area contributed by atoms with Crippen molar-refractivity contribution in [2.24, 2.45) is 0 Å². The van der Waals surface area contributed by atoms with Crippen LogP contribution in [0.4, 0.5) is 5.82 Å². The third-order valence-corrected chi connectivity index (χ3v) is 4.92. The van der Waals surface area contributed by atoms with Gasteiger partial charge in [-0.05, 0) is 36.6 Å². The molecule has 1 N–H and O–H groups in total. The molecule has 2 heterocycles. The Hall–Kier alpha value is -0.790. The molecule has 0 fully saturated rings. The summed E-state index contributed by atoms with van der Waals surface area (Å²) in [7, 11) is 0. The number of aromatic nitrogens is 3. The van der Waals surface area contributed by atoms with Crippen LogP contribution in [0.25, 0.3) is 0 Å². The van der Waals surface area contributed by atoms with E-state index in [1.165, 1.54) is 0 Å². The fraction of sp³-hybridized carbons (Fsp3) is 0.364. The molecule has 0 unspecified atom stereocenters. The van der Waals surface area contributed by atoms with Gasteiger partial charge in [0.1, 0.15) is 10.8 Å². The van der Waals surface area contributed by atoms with Crippen molar-refractivity contribution in [3.05, 3.63) is 18.2 Å². The third-order valence-electron chi connectivity index (χ3n) is 2.03. The Bertz CT molecular complexity index is 501. The van der Waals surface area contributed by atoms with E-state index in [2.05, 4.69) is 27.4 Å². The van der Waals surface area contributed by atoms with Gasteiger partial charge in [0.2, 0.25) is 0 Å². The molecule has 0 bridgehead atoms. The van der Waals surface area contributed by atoms with Crippen LogP contribution >= 0.6 is 34.9 Å². The zero-order valence-corrected chi connectivity index (χ0v) is 12.7. The summed E-state index contributed by atoms with van der Waals surface area (Å²) < 4.78 is 1.91. The highest BCUT2D eigenvalue weighted by atomic mass is 32.2. The molecule has 0 saturated heterocycles. The first-order chi connectivity index (χ1) is 8.81. The molecule has 0 aromatic carbocycles. The van der Waals surface area contributed by atoms with Crippen LogP contribution in [0, 0.1) is 0 Å². The van der Waals surface area contributed by atoms with Crippen molar-refractivity contribution < 1.29 is 0 Å². The quantitative estimate of drug-likeness (QED) is 0.822. The van der Waals surface area contributed by atoms with E-state index in [1.807, 2.05) is 24.5 Å². The predicted molar refractivity (Wildman–Crippen MR) is 78.8 cm³/mol. The van der Waals surface area contributed by atoms with Gasteiger partial charge in [-0.15, -0.1) is 10.2 Å². The monoisotopic (exact) mass is 298 g/mol. The van der Waals surface area contributed by atoms with Gasteiger partial charge in [0.15, 0.2) is 8.68 Å². The van der Waals surface area contributed by atoms with E-state index >= 15 is 0 Å². The Kier molecular flexibility index (Phi) is 5.27. The van der Waals surface area contributed by atoms with Crippen molar-refractivity contribution in [1.29, 1.82) is 0 Å². The lowest BCUT2D eigenvalue weighted by Crippen LogP contribution is -2.01. The van der Waals surface area contributed by atoms with Crippen LogP contribution in [0.15, 0.2) is 31.9 Å². The van der Waals surface area contributed by atoms with Gasteiger partial charge in [0.25, 0.3) is 0 Å². The first-order valence-electron chi connectivity index (χ1n) is 5.58. The van der Waals surface area contributed by atoms with E-state index in [1.54, 1.807) is 34.9 Å². The number of hydrogen-bond donors (Lipinski definition) is 1. The van der Waals surface area contributed by atoms with Gasteiger partial charge in [-0.25, -0.2) is 4.98 Å². The first-order valence-corrected chi connectivity index (χ1v) is 8.44. The molecule has 0 aliphatic rings. The zero-order chi connectivity index (χ0) is 12.8. The number of hydrogen-bond acceptors (Lipinski definition) is 7. The fourth-order valence-electron chi connectivity index (χ4n) is 1.23. The molecule has 0 atom stereocenters. The molecule has 0 amide bonds. The number of nitrogens with zero attached hydrogens (tertiary/aromatic N) is 3. The van der Waals surface area contributed by atoms with Gasteiger partial charge in [0, 0.05) is 6.54 Å². The van der Waals surface area contributed by atoms with Crippen LogP contribution in [0.2, 0.25) is 0 Å². The summed E-state index contributed by atoms with van der Waals surface area (Å²) in [4.78, 5) is 4.52. The zero-order valence-electron chi connectivity index (χ0n) is 10.2. The molecule has 0 radical (unpaired) electrons. The average Bonchev–Trinajstić information content (AvgIpc) is 2.84. The SMILES string of the molecule is CCCNc1cccc(Sc2nnc(SC)s2)n1. The van der Waals surface area contributed by atoms with Crippen molar-refractivity contribution in [1.82, 2.24) is 15.2 Å². The number of thioether (sulfide) groups is 1. The number of pyridine rings is 1. The lowest BCUT2D eigenvalue weighted by atomic mass is 10.4. The normalized spacial score (nSPS) is 10.6. The molecule has 2 aromatic rings. The first kappa shape index (κ1) is 13.6. The van der Waals surface area contributed by atoms with E-state index in [0.29, 0.717) is 0 Å². The van der Waals surface area contributed by atoms with E-state index in [4.69, 9.17) is 0 Å². The van der Waals surface area contributed by atoms with Crippen LogP contribution in [0.5, 0.6) is 0 Å². The van der Waals surface area contributed by atoms with E-state index in [9.17, 15) is 0 Å². The topological polar surface area (TPSA) is 50.7 Å². The predicted octanol–water partition coefficient (Wildman–Crippen LogP) is 3.63. The van der Waals surface area contributed by atoms with Gasteiger partial charge in [-0.3, -0.25) is 0 Å². The third kappa shape index (κ3) is 3.86. The van der Waals surface area contributed by atoms with E-state index in [-0.39, 0.29) is 0 Å². The minimum atomic E-state index is 0.913. The smallest absolute Gasteiger partial charge is 0.181 e. The van der Waals surface area contributed by atoms with Crippen molar-refractivity contribution in [2.45, 2.75) is 27.0 Å². The minimum absolute atomic E-state index is 0.913. The summed E-state index contributed by atoms with van der Waals surface area (Å²) >= 11 is 4.76. The standard InChI is InChI=1S/C11H14N4S3/c1-3-7-12-8-5-4-6-9(13-8)17-11-15-14-10(16-2)18-11/h4-6H,3,7H2,1-2H3,(H,12,13). The molecule has 4 nitrogen and oxygen atoms in total. The Morgan fingerprint density at radius 1 is 1.28 bits per heavy atom. The summed E-state index contributed by atoms with van der Waals surface area (Å²) in [6.07, 6.45) is 3.09. The second kappa shape index (κ2) is 6.96. The number of anilines is 1.